The van der Waals surface area contributed by atoms with Crippen LogP contribution in [0, 0.1) is 22.7 Å². The number of phenols is 1. The Bertz CT molecular complexity index is 1060. The number of fused-ring (bicyclic) bond motifs is 1. The van der Waals surface area contributed by atoms with E-state index in [-0.39, 0.29) is 42.3 Å². The number of ketones is 1. The van der Waals surface area contributed by atoms with Crippen LogP contribution in [-0.4, -0.2) is 24.0 Å². The van der Waals surface area contributed by atoms with Crippen LogP contribution in [0.2, 0.25) is 0 Å². The molecule has 152 valence electrons. The van der Waals surface area contributed by atoms with Gasteiger partial charge in [0.1, 0.15) is 24.4 Å². The summed E-state index contributed by atoms with van der Waals surface area (Å²) in [6, 6.07) is 15.0. The lowest BCUT2D eigenvalue weighted by atomic mass is 9.86. The third kappa shape index (κ3) is 4.35. The van der Waals surface area contributed by atoms with Crippen LogP contribution >= 0.6 is 0 Å². The van der Waals surface area contributed by atoms with Crippen LogP contribution in [0.15, 0.2) is 42.2 Å². The molecule has 6 heteroatoms. The van der Waals surface area contributed by atoms with Gasteiger partial charge in [0.15, 0.2) is 24.6 Å². The van der Waals surface area contributed by atoms with E-state index in [4.69, 9.17) is 15.3 Å². The molecular formula is C24H24N3O3+. The smallest absolute Gasteiger partial charge is 0.231 e. The molecule has 0 aliphatic carbocycles. The number of allylic oxidation sites excluding steroid dienone is 1. The second-order valence-electron chi connectivity index (χ2n) is 8.35. The number of Topliss-reactive ketones (excluding diaryl/α,β-unsaturated/α-hetero) is 1. The van der Waals surface area contributed by atoms with Crippen LogP contribution in [0.25, 0.3) is 6.08 Å². The first-order chi connectivity index (χ1) is 14.2. The van der Waals surface area contributed by atoms with Crippen molar-refractivity contribution in [1.29, 1.82) is 10.5 Å². The summed E-state index contributed by atoms with van der Waals surface area (Å²) >= 11 is 0. The van der Waals surface area contributed by atoms with Gasteiger partial charge in [-0.2, -0.15) is 10.5 Å². The van der Waals surface area contributed by atoms with Gasteiger partial charge in [-0.3, -0.25) is 4.79 Å². The number of nitrogens with zero attached hydrogens (tertiary/aromatic N) is 2. The Morgan fingerprint density at radius 3 is 2.27 bits per heavy atom. The molecule has 0 bridgehead atoms. The lowest BCUT2D eigenvalue weighted by molar-refractivity contribution is -0.899. The van der Waals surface area contributed by atoms with Crippen molar-refractivity contribution < 1.29 is 19.5 Å². The number of nitrogens with one attached hydrogen (secondary N) is 1. The molecular weight excluding hydrogens is 378 g/mol. The standard InChI is InChI=1S/C24H23N3O3/c1-24(2,3)17-6-4-16(5-7-17)14-21-22(29)18-8-9-20(28)19(23(18)30-21)15-27(12-10-25)13-11-26/h4-9,14,28H,12-13,15H2,1-3H3/p+1/b21-14+. The fraction of sp³-hybridized carbons (Fsp3) is 0.292. The molecule has 2 N–H and O–H groups in total. The molecule has 1 aliphatic heterocycles. The average Bonchev–Trinajstić information content (AvgIpc) is 3.00. The summed E-state index contributed by atoms with van der Waals surface area (Å²) in [5, 5.41) is 28.3. The summed E-state index contributed by atoms with van der Waals surface area (Å²) in [6.07, 6.45) is 1.69. The maximum atomic E-state index is 12.8. The Hall–Kier alpha value is -3.61. The van der Waals surface area contributed by atoms with Gasteiger partial charge in [0, 0.05) is 0 Å². The molecule has 3 rings (SSSR count). The van der Waals surface area contributed by atoms with E-state index >= 15 is 0 Å². The van der Waals surface area contributed by atoms with Crippen molar-refractivity contribution >= 4 is 11.9 Å². The van der Waals surface area contributed by atoms with Crippen molar-refractivity contribution in [2.75, 3.05) is 13.1 Å². The van der Waals surface area contributed by atoms with Crippen molar-refractivity contribution in [1.82, 2.24) is 0 Å². The van der Waals surface area contributed by atoms with Crippen LogP contribution < -0.4 is 9.64 Å². The minimum atomic E-state index is -0.256. The molecule has 0 unspecified atom stereocenters. The van der Waals surface area contributed by atoms with E-state index in [0.717, 1.165) is 5.56 Å². The van der Waals surface area contributed by atoms with Gasteiger partial charge in [0.25, 0.3) is 0 Å². The number of hydrogen-bond acceptors (Lipinski definition) is 5. The van der Waals surface area contributed by atoms with Crippen molar-refractivity contribution in [3.63, 3.8) is 0 Å². The minimum Gasteiger partial charge on any atom is -0.507 e. The largest absolute Gasteiger partial charge is 0.507 e. The fourth-order valence-electron chi connectivity index (χ4n) is 3.36. The van der Waals surface area contributed by atoms with Gasteiger partial charge in [0.2, 0.25) is 5.78 Å². The zero-order valence-corrected chi connectivity index (χ0v) is 17.3. The zero-order chi connectivity index (χ0) is 21.9. The highest BCUT2D eigenvalue weighted by atomic mass is 16.5. The van der Waals surface area contributed by atoms with Crippen molar-refractivity contribution in [2.45, 2.75) is 32.7 Å². The molecule has 0 spiro atoms. The average molecular weight is 402 g/mol. The van der Waals surface area contributed by atoms with E-state index in [9.17, 15) is 9.90 Å². The number of benzene rings is 2. The highest BCUT2D eigenvalue weighted by Crippen LogP contribution is 2.39. The predicted molar refractivity (Wildman–Crippen MR) is 112 cm³/mol. The van der Waals surface area contributed by atoms with Crippen molar-refractivity contribution in [3.05, 3.63) is 64.4 Å². The SMILES string of the molecule is CC(C)(C)c1ccc(/C=C2/Oc3c(ccc(O)c3C[NH+](CC#N)CC#N)C2=O)cc1. The Morgan fingerprint density at radius 1 is 1.07 bits per heavy atom. The topological polar surface area (TPSA) is 98.5 Å². The summed E-state index contributed by atoms with van der Waals surface area (Å²) in [7, 11) is 0. The summed E-state index contributed by atoms with van der Waals surface area (Å²) < 4.78 is 5.86. The van der Waals surface area contributed by atoms with Crippen molar-refractivity contribution in [2.24, 2.45) is 0 Å². The summed E-state index contributed by atoms with van der Waals surface area (Å²) in [5.74, 6) is 0.201. The molecule has 2 aromatic carbocycles. The fourth-order valence-corrected chi connectivity index (χ4v) is 3.36. The number of phenolic OH excluding ortho intramolecular Hbond substituents is 1. The third-order valence-corrected chi connectivity index (χ3v) is 5.08. The number of quaternary nitrogens is 1. The highest BCUT2D eigenvalue weighted by Gasteiger charge is 2.32. The van der Waals surface area contributed by atoms with Gasteiger partial charge in [0.05, 0.1) is 11.1 Å². The van der Waals surface area contributed by atoms with Gasteiger partial charge >= 0.3 is 0 Å². The Morgan fingerprint density at radius 2 is 1.70 bits per heavy atom. The van der Waals surface area contributed by atoms with Gasteiger partial charge in [-0.15, -0.1) is 0 Å². The molecule has 0 radical (unpaired) electrons. The lowest BCUT2D eigenvalue weighted by Crippen LogP contribution is -3.10. The number of carbonyl (C=O) groups excluding carboxylic acids is 1. The molecule has 1 heterocycles. The van der Waals surface area contributed by atoms with Crippen LogP contribution in [0.3, 0.4) is 0 Å². The molecule has 6 nitrogen and oxygen atoms in total. The van der Waals surface area contributed by atoms with E-state index in [1.165, 1.54) is 17.7 Å². The number of rotatable bonds is 5. The number of ether oxygens (including phenoxy) is 1. The monoisotopic (exact) mass is 402 g/mol. The van der Waals surface area contributed by atoms with Gasteiger partial charge < -0.3 is 14.7 Å². The predicted octanol–water partition coefficient (Wildman–Crippen LogP) is 2.74. The number of carbonyl (C=O) groups is 1. The van der Waals surface area contributed by atoms with E-state index < -0.39 is 0 Å². The van der Waals surface area contributed by atoms with Crippen LogP contribution in [0.4, 0.5) is 0 Å². The number of hydrogen-bond donors (Lipinski definition) is 2. The quantitative estimate of drug-likeness (QED) is 0.592. The van der Waals surface area contributed by atoms with Crippen molar-refractivity contribution in [3.8, 4) is 23.6 Å². The first-order valence-electron chi connectivity index (χ1n) is 9.71. The maximum absolute atomic E-state index is 12.8. The first kappa shape index (κ1) is 21.1. The zero-order valence-electron chi connectivity index (χ0n) is 17.3. The Labute approximate surface area is 176 Å². The maximum Gasteiger partial charge on any atom is 0.231 e. The Balaban J connectivity index is 1.92. The molecule has 0 saturated carbocycles. The van der Waals surface area contributed by atoms with Gasteiger partial charge in [-0.25, -0.2) is 0 Å². The van der Waals surface area contributed by atoms with Gasteiger partial charge in [-0.1, -0.05) is 45.0 Å². The molecule has 0 atom stereocenters. The number of aromatic hydroxyl groups is 1. The van der Waals surface area contributed by atoms with E-state index in [1.807, 2.05) is 36.4 Å². The van der Waals surface area contributed by atoms with Crippen LogP contribution in [0.5, 0.6) is 11.5 Å². The second-order valence-corrected chi connectivity index (χ2v) is 8.35. The molecule has 30 heavy (non-hydrogen) atoms. The summed E-state index contributed by atoms with van der Waals surface area (Å²) in [4.78, 5) is 13.5. The molecule has 0 aromatic heterocycles. The molecule has 0 amide bonds. The lowest BCUT2D eigenvalue weighted by Gasteiger charge is -2.18. The summed E-state index contributed by atoms with van der Waals surface area (Å²) in [6.45, 7) is 6.83. The van der Waals surface area contributed by atoms with Crippen LogP contribution in [0.1, 0.15) is 47.8 Å². The Kier molecular flexibility index (Phi) is 5.91. The van der Waals surface area contributed by atoms with Crippen LogP contribution in [-0.2, 0) is 12.0 Å². The first-order valence-corrected chi connectivity index (χ1v) is 9.71. The van der Waals surface area contributed by atoms with E-state index in [1.54, 1.807) is 6.08 Å². The molecule has 2 aromatic rings. The second kappa shape index (κ2) is 8.41. The number of nitriles is 2. The molecule has 0 saturated heterocycles. The minimum absolute atomic E-state index is 0.0225. The molecule has 0 fully saturated rings. The van der Waals surface area contributed by atoms with E-state index in [2.05, 4.69) is 20.8 Å². The normalized spacial score (nSPS) is 14.3. The van der Waals surface area contributed by atoms with E-state index in [0.29, 0.717) is 21.8 Å². The third-order valence-electron chi connectivity index (χ3n) is 5.08. The van der Waals surface area contributed by atoms with Gasteiger partial charge in [-0.05, 0) is 34.8 Å². The molecule has 1 aliphatic rings. The highest BCUT2D eigenvalue weighted by molar-refractivity contribution is 6.14. The summed E-state index contributed by atoms with van der Waals surface area (Å²) in [5.41, 5.74) is 2.86.